The summed E-state index contributed by atoms with van der Waals surface area (Å²) in [7, 11) is -2.44. The van der Waals surface area contributed by atoms with Crippen LogP contribution in [0.3, 0.4) is 0 Å². The lowest BCUT2D eigenvalue weighted by atomic mass is 9.99. The number of nitrogens with two attached hydrogens (primary N) is 1. The monoisotopic (exact) mass is 548 g/mol. The van der Waals surface area contributed by atoms with Crippen molar-refractivity contribution < 1.29 is 27.5 Å². The standard InChI is InChI=1S/C25H32N4O6S2/c1-3-11-28-12-10-19-20(15-28)36-24(21(19)22(26)30)27-23(31)16-4-6-18(7-5-16)37(33,34)29-13-8-17(9-14-29)25(32)35-2/h4-7,17H,3,8-15H2,1-2H3,(H2,26,30)(H,27,31). The molecule has 1 saturated heterocycles. The van der Waals surface area contributed by atoms with Gasteiger partial charge in [0.25, 0.3) is 11.8 Å². The van der Waals surface area contributed by atoms with E-state index in [1.54, 1.807) is 0 Å². The molecule has 200 valence electrons. The van der Waals surface area contributed by atoms with Crippen LogP contribution in [0.2, 0.25) is 0 Å². The first-order valence-corrected chi connectivity index (χ1v) is 14.6. The molecule has 3 heterocycles. The van der Waals surface area contributed by atoms with Gasteiger partial charge < -0.3 is 15.8 Å². The van der Waals surface area contributed by atoms with Crippen LogP contribution in [0.15, 0.2) is 29.2 Å². The highest BCUT2D eigenvalue weighted by Crippen LogP contribution is 2.37. The third-order valence-electron chi connectivity index (χ3n) is 6.89. The number of esters is 1. The number of anilines is 1. The summed E-state index contributed by atoms with van der Waals surface area (Å²) in [5, 5.41) is 3.23. The predicted molar refractivity (Wildman–Crippen MR) is 140 cm³/mol. The van der Waals surface area contributed by atoms with Crippen LogP contribution >= 0.6 is 11.3 Å². The number of primary amides is 1. The fourth-order valence-corrected chi connectivity index (χ4v) is 7.67. The van der Waals surface area contributed by atoms with Crippen molar-refractivity contribution in [2.75, 3.05) is 38.6 Å². The molecule has 0 radical (unpaired) electrons. The summed E-state index contributed by atoms with van der Waals surface area (Å²) in [6.07, 6.45) is 2.53. The summed E-state index contributed by atoms with van der Waals surface area (Å²) in [6.45, 7) is 5.07. The van der Waals surface area contributed by atoms with E-state index in [0.717, 1.165) is 30.0 Å². The minimum Gasteiger partial charge on any atom is -0.469 e. The molecule has 2 amide bonds. The molecule has 37 heavy (non-hydrogen) atoms. The van der Waals surface area contributed by atoms with Gasteiger partial charge in [-0.05, 0) is 62.1 Å². The van der Waals surface area contributed by atoms with E-state index in [-0.39, 0.29) is 35.4 Å². The van der Waals surface area contributed by atoms with E-state index in [1.165, 1.54) is 47.0 Å². The number of rotatable bonds is 8. The highest BCUT2D eigenvalue weighted by atomic mass is 32.2. The Morgan fingerprint density at radius 2 is 1.81 bits per heavy atom. The van der Waals surface area contributed by atoms with Gasteiger partial charge in [0.05, 0.1) is 23.5 Å². The maximum atomic E-state index is 13.1. The van der Waals surface area contributed by atoms with E-state index < -0.39 is 21.8 Å². The molecule has 3 N–H and O–H groups in total. The van der Waals surface area contributed by atoms with Gasteiger partial charge in [0.1, 0.15) is 5.00 Å². The first-order valence-electron chi connectivity index (χ1n) is 12.3. The molecule has 10 nitrogen and oxygen atoms in total. The van der Waals surface area contributed by atoms with Crippen molar-refractivity contribution in [3.63, 3.8) is 0 Å². The predicted octanol–water partition coefficient (Wildman–Crippen LogP) is 2.44. The molecule has 1 aromatic heterocycles. The second-order valence-corrected chi connectivity index (χ2v) is 12.3. The third kappa shape index (κ3) is 5.71. The lowest BCUT2D eigenvalue weighted by Gasteiger charge is -2.29. The van der Waals surface area contributed by atoms with Crippen LogP contribution in [0, 0.1) is 5.92 Å². The van der Waals surface area contributed by atoms with Gasteiger partial charge in [-0.25, -0.2) is 8.42 Å². The highest BCUT2D eigenvalue weighted by molar-refractivity contribution is 7.89. The topological polar surface area (TPSA) is 139 Å². The number of hydrogen-bond acceptors (Lipinski definition) is 8. The third-order valence-corrected chi connectivity index (χ3v) is 9.94. The fourth-order valence-electron chi connectivity index (χ4n) is 4.91. The average molecular weight is 549 g/mol. The van der Waals surface area contributed by atoms with Gasteiger partial charge >= 0.3 is 5.97 Å². The van der Waals surface area contributed by atoms with Crippen molar-refractivity contribution in [3.05, 3.63) is 45.8 Å². The smallest absolute Gasteiger partial charge is 0.308 e. The van der Waals surface area contributed by atoms with Gasteiger partial charge in [-0.2, -0.15) is 4.31 Å². The molecule has 1 aromatic carbocycles. The van der Waals surface area contributed by atoms with E-state index in [1.807, 2.05) is 0 Å². The number of carbonyl (C=O) groups excluding carboxylic acids is 3. The van der Waals surface area contributed by atoms with Crippen LogP contribution in [0.1, 0.15) is 57.3 Å². The first kappa shape index (κ1) is 27.2. The largest absolute Gasteiger partial charge is 0.469 e. The molecular weight excluding hydrogens is 516 g/mol. The van der Waals surface area contributed by atoms with Crippen molar-refractivity contribution in [1.82, 2.24) is 9.21 Å². The molecule has 12 heteroatoms. The Balaban J connectivity index is 1.46. The molecule has 0 aliphatic carbocycles. The number of sulfonamides is 1. The zero-order valence-electron chi connectivity index (χ0n) is 21.0. The van der Waals surface area contributed by atoms with Crippen LogP contribution in [-0.4, -0.2) is 68.7 Å². The van der Waals surface area contributed by atoms with Gasteiger partial charge in [0.15, 0.2) is 0 Å². The molecule has 0 unspecified atom stereocenters. The van der Waals surface area contributed by atoms with Gasteiger partial charge in [0.2, 0.25) is 10.0 Å². The average Bonchev–Trinajstić information content (AvgIpc) is 3.25. The van der Waals surface area contributed by atoms with E-state index in [2.05, 4.69) is 17.1 Å². The fraction of sp³-hybridized carbons (Fsp3) is 0.480. The number of hydrogen-bond donors (Lipinski definition) is 2. The molecule has 0 spiro atoms. The van der Waals surface area contributed by atoms with Gasteiger partial charge in [0, 0.05) is 36.6 Å². The Morgan fingerprint density at radius 3 is 2.41 bits per heavy atom. The molecule has 0 saturated carbocycles. The van der Waals surface area contributed by atoms with Gasteiger partial charge in [-0.1, -0.05) is 6.92 Å². The summed E-state index contributed by atoms with van der Waals surface area (Å²) in [4.78, 5) is 40.4. The van der Waals surface area contributed by atoms with Crippen molar-refractivity contribution in [1.29, 1.82) is 0 Å². The Bertz CT molecular complexity index is 1280. The summed E-state index contributed by atoms with van der Waals surface area (Å²) in [5.41, 5.74) is 7.19. The normalized spacial score (nSPS) is 17.2. The minimum atomic E-state index is -3.76. The van der Waals surface area contributed by atoms with Crippen molar-refractivity contribution in [2.24, 2.45) is 11.7 Å². The maximum Gasteiger partial charge on any atom is 0.308 e. The Hall–Kier alpha value is -2.80. The molecule has 1 fully saturated rings. The number of methoxy groups -OCH3 is 1. The number of benzene rings is 1. The van der Waals surface area contributed by atoms with Crippen LogP contribution < -0.4 is 11.1 Å². The summed E-state index contributed by atoms with van der Waals surface area (Å²) in [6, 6.07) is 5.69. The number of ether oxygens (including phenoxy) is 1. The molecule has 4 rings (SSSR count). The molecule has 0 bridgehead atoms. The second-order valence-electron chi connectivity index (χ2n) is 9.28. The number of fused-ring (bicyclic) bond motifs is 1. The van der Waals surface area contributed by atoms with E-state index in [4.69, 9.17) is 10.5 Å². The van der Waals surface area contributed by atoms with Crippen LogP contribution in [0.4, 0.5) is 5.00 Å². The quantitative estimate of drug-likeness (QED) is 0.483. The number of piperidine rings is 1. The number of thiophene rings is 1. The van der Waals surface area contributed by atoms with Crippen LogP contribution in [-0.2, 0) is 32.5 Å². The minimum absolute atomic E-state index is 0.0704. The molecule has 2 aromatic rings. The second kappa shape index (κ2) is 11.3. The Labute approximate surface area is 220 Å². The Kier molecular flexibility index (Phi) is 8.32. The highest BCUT2D eigenvalue weighted by Gasteiger charge is 2.33. The number of amides is 2. The molecule has 2 aliphatic heterocycles. The SMILES string of the molecule is CCCN1CCc2c(sc(NC(=O)c3ccc(S(=O)(=O)N4CCC(C(=O)OC)CC4)cc3)c2C(N)=O)C1. The zero-order valence-corrected chi connectivity index (χ0v) is 22.6. The van der Waals surface area contributed by atoms with Gasteiger partial charge in [-0.15, -0.1) is 11.3 Å². The molecule has 0 atom stereocenters. The van der Waals surface area contributed by atoms with Crippen molar-refractivity contribution in [2.45, 2.75) is 44.0 Å². The number of nitrogens with zero attached hydrogens (tertiary/aromatic N) is 2. The van der Waals surface area contributed by atoms with E-state index >= 15 is 0 Å². The van der Waals surface area contributed by atoms with E-state index in [9.17, 15) is 22.8 Å². The zero-order chi connectivity index (χ0) is 26.7. The van der Waals surface area contributed by atoms with Crippen LogP contribution in [0.5, 0.6) is 0 Å². The van der Waals surface area contributed by atoms with Crippen LogP contribution in [0.25, 0.3) is 0 Å². The summed E-state index contributed by atoms with van der Waals surface area (Å²) < 4.78 is 32.2. The summed E-state index contributed by atoms with van der Waals surface area (Å²) >= 11 is 1.36. The van der Waals surface area contributed by atoms with Crippen molar-refractivity contribution >= 4 is 44.1 Å². The molecule has 2 aliphatic rings. The van der Waals surface area contributed by atoms with E-state index in [0.29, 0.717) is 36.4 Å². The first-order chi connectivity index (χ1) is 17.6. The number of nitrogens with one attached hydrogen (secondary N) is 1. The maximum absolute atomic E-state index is 13.1. The molecular formula is C25H32N4O6S2. The summed E-state index contributed by atoms with van der Waals surface area (Å²) in [5.74, 6) is -1.65. The van der Waals surface area contributed by atoms with Crippen molar-refractivity contribution in [3.8, 4) is 0 Å². The number of carbonyl (C=O) groups is 3. The Morgan fingerprint density at radius 1 is 1.14 bits per heavy atom. The van der Waals surface area contributed by atoms with Gasteiger partial charge in [-0.3, -0.25) is 19.3 Å². The lowest BCUT2D eigenvalue weighted by Crippen LogP contribution is -2.40. The lowest BCUT2D eigenvalue weighted by molar-refractivity contribution is -0.146.